The van der Waals surface area contributed by atoms with Crippen LogP contribution in [0.15, 0.2) is 42.5 Å². The standard InChI is InChI=1S/C25H36N4O3/c1-27(2)21-9-7-20(8-10-21)22(29-14-12-28(3)13-15-29)18-26-25(30)17-19-6-11-23(31-4)24(16-19)32-5/h6-11,16,22H,12-15,17-18H2,1-5H3,(H,26,30). The zero-order valence-corrected chi connectivity index (χ0v) is 19.9. The molecule has 7 heteroatoms. The number of nitrogens with one attached hydrogen (secondary N) is 1. The van der Waals surface area contributed by atoms with Crippen LogP contribution in [-0.2, 0) is 11.2 Å². The van der Waals surface area contributed by atoms with E-state index in [-0.39, 0.29) is 11.9 Å². The number of benzene rings is 2. The molecular formula is C25H36N4O3. The van der Waals surface area contributed by atoms with Gasteiger partial charge in [0, 0.05) is 52.5 Å². The van der Waals surface area contributed by atoms with Gasteiger partial charge in [0.25, 0.3) is 0 Å². The van der Waals surface area contributed by atoms with Crippen molar-refractivity contribution in [3.8, 4) is 11.5 Å². The molecule has 0 aromatic heterocycles. The lowest BCUT2D eigenvalue weighted by Gasteiger charge is -2.38. The molecule has 1 atom stereocenters. The Balaban J connectivity index is 1.68. The molecule has 1 amide bonds. The van der Waals surface area contributed by atoms with Gasteiger partial charge in [-0.15, -0.1) is 0 Å². The Labute approximate surface area is 191 Å². The number of carbonyl (C=O) groups excluding carboxylic acids is 1. The average molecular weight is 441 g/mol. The zero-order valence-electron chi connectivity index (χ0n) is 19.9. The summed E-state index contributed by atoms with van der Waals surface area (Å²) in [5.41, 5.74) is 3.29. The smallest absolute Gasteiger partial charge is 0.224 e. The van der Waals surface area contributed by atoms with Crippen molar-refractivity contribution in [2.24, 2.45) is 0 Å². The molecule has 1 aliphatic heterocycles. The molecule has 1 heterocycles. The summed E-state index contributed by atoms with van der Waals surface area (Å²) >= 11 is 0. The maximum absolute atomic E-state index is 12.8. The fraction of sp³-hybridized carbons (Fsp3) is 0.480. The summed E-state index contributed by atoms with van der Waals surface area (Å²) in [5, 5.41) is 3.17. The first-order chi connectivity index (χ1) is 15.4. The number of nitrogens with zero attached hydrogens (tertiary/aromatic N) is 3. The van der Waals surface area contributed by atoms with Crippen LogP contribution in [0, 0.1) is 0 Å². The van der Waals surface area contributed by atoms with Gasteiger partial charge >= 0.3 is 0 Å². The van der Waals surface area contributed by atoms with Crippen LogP contribution >= 0.6 is 0 Å². The number of ether oxygens (including phenoxy) is 2. The number of hydrogen-bond acceptors (Lipinski definition) is 6. The molecule has 0 aliphatic carbocycles. The van der Waals surface area contributed by atoms with E-state index < -0.39 is 0 Å². The van der Waals surface area contributed by atoms with E-state index in [4.69, 9.17) is 9.47 Å². The number of carbonyl (C=O) groups is 1. The van der Waals surface area contributed by atoms with Crippen molar-refractivity contribution in [3.63, 3.8) is 0 Å². The first-order valence-electron chi connectivity index (χ1n) is 11.1. The zero-order chi connectivity index (χ0) is 23.1. The number of hydrogen-bond donors (Lipinski definition) is 1. The first kappa shape index (κ1) is 23.9. The third kappa shape index (κ3) is 6.14. The minimum atomic E-state index is 0.00117. The molecule has 0 radical (unpaired) electrons. The summed E-state index contributed by atoms with van der Waals surface area (Å²) in [6.07, 6.45) is 0.301. The summed E-state index contributed by atoms with van der Waals surface area (Å²) in [7, 11) is 9.45. The highest BCUT2D eigenvalue weighted by atomic mass is 16.5. The second-order valence-corrected chi connectivity index (χ2v) is 8.51. The fourth-order valence-electron chi connectivity index (χ4n) is 4.03. The topological polar surface area (TPSA) is 57.3 Å². The highest BCUT2D eigenvalue weighted by Crippen LogP contribution is 2.28. The molecule has 0 saturated carbocycles. The lowest BCUT2D eigenvalue weighted by atomic mass is 10.0. The molecule has 2 aromatic carbocycles. The second-order valence-electron chi connectivity index (χ2n) is 8.51. The summed E-state index contributed by atoms with van der Waals surface area (Å²) < 4.78 is 10.6. The predicted octanol–water partition coefficient (Wildman–Crippen LogP) is 2.42. The molecule has 1 N–H and O–H groups in total. The molecule has 1 fully saturated rings. The second kappa shape index (κ2) is 11.2. The highest BCUT2D eigenvalue weighted by Gasteiger charge is 2.24. The van der Waals surface area contributed by atoms with Crippen molar-refractivity contribution >= 4 is 11.6 Å². The van der Waals surface area contributed by atoms with Crippen molar-refractivity contribution in [3.05, 3.63) is 53.6 Å². The van der Waals surface area contributed by atoms with E-state index in [2.05, 4.69) is 51.3 Å². The summed E-state index contributed by atoms with van der Waals surface area (Å²) in [4.78, 5) is 19.7. The van der Waals surface area contributed by atoms with Gasteiger partial charge in [0.15, 0.2) is 11.5 Å². The molecule has 7 nitrogen and oxygen atoms in total. The van der Waals surface area contributed by atoms with Crippen LogP contribution in [0.25, 0.3) is 0 Å². The van der Waals surface area contributed by atoms with Crippen molar-refractivity contribution in [2.45, 2.75) is 12.5 Å². The summed E-state index contributed by atoms with van der Waals surface area (Å²) in [5.74, 6) is 1.29. The van der Waals surface area contributed by atoms with E-state index in [0.717, 1.165) is 31.7 Å². The van der Waals surface area contributed by atoms with Gasteiger partial charge in [-0.2, -0.15) is 0 Å². The summed E-state index contributed by atoms with van der Waals surface area (Å²) in [6, 6.07) is 14.4. The van der Waals surface area contributed by atoms with E-state index in [1.54, 1.807) is 14.2 Å². The number of amides is 1. The Morgan fingerprint density at radius 1 is 1.00 bits per heavy atom. The molecule has 0 bridgehead atoms. The third-order valence-corrected chi connectivity index (χ3v) is 6.08. The van der Waals surface area contributed by atoms with Crippen LogP contribution in [-0.4, -0.2) is 83.8 Å². The Morgan fingerprint density at radius 2 is 1.66 bits per heavy atom. The Hall–Kier alpha value is -2.77. The van der Waals surface area contributed by atoms with Gasteiger partial charge in [0.1, 0.15) is 0 Å². The number of methoxy groups -OCH3 is 2. The number of likely N-dealkylation sites (N-methyl/N-ethyl adjacent to an activating group) is 1. The molecular weight excluding hydrogens is 404 g/mol. The lowest BCUT2D eigenvalue weighted by molar-refractivity contribution is -0.120. The quantitative estimate of drug-likeness (QED) is 0.646. The van der Waals surface area contributed by atoms with Crippen LogP contribution in [0.1, 0.15) is 17.2 Å². The predicted molar refractivity (Wildman–Crippen MR) is 129 cm³/mol. The lowest BCUT2D eigenvalue weighted by Crippen LogP contribution is -2.48. The van der Waals surface area contributed by atoms with Crippen LogP contribution in [0.2, 0.25) is 0 Å². The van der Waals surface area contributed by atoms with Gasteiger partial charge in [-0.05, 0) is 42.4 Å². The van der Waals surface area contributed by atoms with Crippen LogP contribution in [0.4, 0.5) is 5.69 Å². The minimum Gasteiger partial charge on any atom is -0.493 e. The summed E-state index contributed by atoms with van der Waals surface area (Å²) in [6.45, 7) is 4.62. The monoisotopic (exact) mass is 440 g/mol. The molecule has 32 heavy (non-hydrogen) atoms. The molecule has 2 aromatic rings. The van der Waals surface area contributed by atoms with Gasteiger partial charge in [-0.1, -0.05) is 18.2 Å². The maximum atomic E-state index is 12.8. The van der Waals surface area contributed by atoms with Crippen molar-refractivity contribution in [1.82, 2.24) is 15.1 Å². The Bertz CT molecular complexity index is 877. The Morgan fingerprint density at radius 3 is 2.25 bits per heavy atom. The normalized spacial score (nSPS) is 15.8. The van der Waals surface area contributed by atoms with Gasteiger partial charge in [0.05, 0.1) is 26.7 Å². The van der Waals surface area contributed by atoms with Crippen LogP contribution in [0.3, 0.4) is 0 Å². The van der Waals surface area contributed by atoms with E-state index in [9.17, 15) is 4.79 Å². The van der Waals surface area contributed by atoms with Crippen LogP contribution in [0.5, 0.6) is 11.5 Å². The third-order valence-electron chi connectivity index (χ3n) is 6.08. The van der Waals surface area contributed by atoms with Gasteiger partial charge in [-0.3, -0.25) is 9.69 Å². The van der Waals surface area contributed by atoms with Crippen molar-refractivity contribution < 1.29 is 14.3 Å². The minimum absolute atomic E-state index is 0.00117. The van der Waals surface area contributed by atoms with E-state index in [0.29, 0.717) is 24.5 Å². The molecule has 3 rings (SSSR count). The Kier molecular flexibility index (Phi) is 8.36. The molecule has 1 unspecified atom stereocenters. The number of anilines is 1. The van der Waals surface area contributed by atoms with Gasteiger partial charge in [-0.25, -0.2) is 0 Å². The van der Waals surface area contributed by atoms with Crippen molar-refractivity contribution in [2.75, 3.05) is 73.0 Å². The maximum Gasteiger partial charge on any atom is 0.224 e. The van der Waals surface area contributed by atoms with E-state index in [1.807, 2.05) is 32.3 Å². The van der Waals surface area contributed by atoms with Gasteiger partial charge in [0.2, 0.25) is 5.91 Å². The van der Waals surface area contributed by atoms with Crippen LogP contribution < -0.4 is 19.7 Å². The first-order valence-corrected chi connectivity index (χ1v) is 11.1. The fourth-order valence-corrected chi connectivity index (χ4v) is 4.03. The largest absolute Gasteiger partial charge is 0.493 e. The van der Waals surface area contributed by atoms with Gasteiger partial charge < -0.3 is 24.6 Å². The average Bonchev–Trinajstić information content (AvgIpc) is 2.80. The molecule has 174 valence electrons. The SMILES string of the molecule is COc1ccc(CC(=O)NCC(c2ccc(N(C)C)cc2)N2CCN(C)CC2)cc1OC. The van der Waals surface area contributed by atoms with Crippen molar-refractivity contribution in [1.29, 1.82) is 0 Å². The molecule has 1 aliphatic rings. The molecule has 0 spiro atoms. The van der Waals surface area contributed by atoms with E-state index in [1.165, 1.54) is 11.3 Å². The molecule has 1 saturated heterocycles. The number of rotatable bonds is 9. The number of piperazine rings is 1. The van der Waals surface area contributed by atoms with E-state index >= 15 is 0 Å². The highest BCUT2D eigenvalue weighted by molar-refractivity contribution is 5.78.